The van der Waals surface area contributed by atoms with Gasteiger partial charge in [0.15, 0.2) is 0 Å². The molecule has 0 spiro atoms. The molecule has 1 aliphatic carbocycles. The first-order chi connectivity index (χ1) is 14.3. The lowest BCUT2D eigenvalue weighted by molar-refractivity contribution is -0.126. The minimum Gasteiger partial charge on any atom is -0.500 e. The number of nitrogens with zero attached hydrogens (tertiary/aromatic N) is 2. The fourth-order valence-electron chi connectivity index (χ4n) is 2.93. The molecule has 0 unspecified atom stereocenters. The number of hydrogen-bond acceptors (Lipinski definition) is 5. The molecule has 0 saturated heterocycles. The van der Waals surface area contributed by atoms with Gasteiger partial charge in [0.1, 0.15) is 17.5 Å². The monoisotopic (exact) mass is 414 g/mol. The molecule has 0 aromatic carbocycles. The lowest BCUT2D eigenvalue weighted by atomic mass is 9.91. The molecule has 1 saturated carbocycles. The van der Waals surface area contributed by atoms with Crippen molar-refractivity contribution in [1.29, 1.82) is 0 Å². The average Bonchev–Trinajstić information content (AvgIpc) is 2.64. The number of aromatic nitrogens is 1. The maximum absolute atomic E-state index is 7.42. The van der Waals surface area contributed by atoms with E-state index in [2.05, 4.69) is 42.4 Å². The second-order valence-electron chi connectivity index (χ2n) is 8.65. The molecule has 0 aliphatic heterocycles. The van der Waals surface area contributed by atoms with Crippen LogP contribution in [-0.2, 0) is 14.2 Å². The van der Waals surface area contributed by atoms with Gasteiger partial charge in [-0.2, -0.15) is 0 Å². The van der Waals surface area contributed by atoms with Crippen LogP contribution in [0.2, 0.25) is 0 Å². The second kappa shape index (κ2) is 11.9. The molecule has 2 rings (SSSR count). The van der Waals surface area contributed by atoms with E-state index in [9.17, 15) is 0 Å². The average molecular weight is 415 g/mol. The Hall–Kier alpha value is -2.12. The molecule has 1 fully saturated rings. The van der Waals surface area contributed by atoms with E-state index in [1.807, 2.05) is 13.8 Å². The van der Waals surface area contributed by atoms with Gasteiger partial charge in [-0.05, 0) is 53.0 Å². The summed E-state index contributed by atoms with van der Waals surface area (Å²) in [6.45, 7) is 19.6. The molecule has 0 radical (unpaired) electrons. The van der Waals surface area contributed by atoms with Crippen LogP contribution in [0.25, 0.3) is 4.85 Å². The normalized spacial score (nSPS) is 18.3. The van der Waals surface area contributed by atoms with Crippen molar-refractivity contribution in [3.63, 3.8) is 0 Å². The van der Waals surface area contributed by atoms with Crippen LogP contribution in [0.4, 0.5) is 5.69 Å². The zero-order chi connectivity index (χ0) is 22.0. The molecule has 1 aliphatic rings. The Morgan fingerprint density at radius 1 is 1.20 bits per heavy atom. The molecule has 6 heteroatoms. The SMILES string of the molecule is [C-]#[N+]c1cc(C#CCCOCCCOC(C)C)ncc1OC1CC(OC(C)(C)C)C1. The van der Waals surface area contributed by atoms with Crippen LogP contribution in [0.3, 0.4) is 0 Å². The van der Waals surface area contributed by atoms with Crippen LogP contribution >= 0.6 is 0 Å². The standard InChI is InChI=1S/C24H34N2O4/c1-18(2)28-13-9-12-27-11-8-7-10-19-14-22(25-6)23(17-26-19)29-20-15-21(16-20)30-24(3,4)5/h14,17-18,20-21H,8-9,11-13,15-16H2,1-5H3. The molecule has 164 valence electrons. The van der Waals surface area contributed by atoms with Crippen molar-refractivity contribution in [2.45, 2.75) is 84.2 Å². The van der Waals surface area contributed by atoms with E-state index < -0.39 is 0 Å². The van der Waals surface area contributed by atoms with Gasteiger partial charge in [0.2, 0.25) is 5.69 Å². The van der Waals surface area contributed by atoms with Crippen LogP contribution in [0.1, 0.15) is 66.0 Å². The molecular weight excluding hydrogens is 380 g/mol. The third-order valence-electron chi connectivity index (χ3n) is 4.30. The first kappa shape index (κ1) is 24.2. The minimum absolute atomic E-state index is 0.0691. The first-order valence-electron chi connectivity index (χ1n) is 10.7. The Kier molecular flexibility index (Phi) is 9.59. The highest BCUT2D eigenvalue weighted by atomic mass is 16.5. The summed E-state index contributed by atoms with van der Waals surface area (Å²) in [4.78, 5) is 7.89. The van der Waals surface area contributed by atoms with Crippen molar-refractivity contribution >= 4 is 5.69 Å². The van der Waals surface area contributed by atoms with Gasteiger partial charge in [-0.3, -0.25) is 0 Å². The number of ether oxygens (including phenoxy) is 4. The number of hydrogen-bond donors (Lipinski definition) is 0. The fourth-order valence-corrected chi connectivity index (χ4v) is 2.93. The Balaban J connectivity index is 1.72. The lowest BCUT2D eigenvalue weighted by Gasteiger charge is -2.39. The maximum atomic E-state index is 7.42. The summed E-state index contributed by atoms with van der Waals surface area (Å²) in [7, 11) is 0. The summed E-state index contributed by atoms with van der Waals surface area (Å²) in [6.07, 6.45) is 5.31. The second-order valence-corrected chi connectivity index (χ2v) is 8.65. The van der Waals surface area contributed by atoms with Gasteiger partial charge in [-0.15, -0.1) is 0 Å². The highest BCUT2D eigenvalue weighted by Crippen LogP contribution is 2.35. The highest BCUT2D eigenvalue weighted by Gasteiger charge is 2.34. The van der Waals surface area contributed by atoms with Gasteiger partial charge in [0, 0.05) is 32.5 Å². The van der Waals surface area contributed by atoms with Crippen molar-refractivity contribution < 1.29 is 18.9 Å². The van der Waals surface area contributed by atoms with Crippen LogP contribution in [0.5, 0.6) is 5.75 Å². The summed E-state index contributed by atoms with van der Waals surface area (Å²) < 4.78 is 22.9. The molecule has 1 aromatic heterocycles. The molecule has 30 heavy (non-hydrogen) atoms. The number of pyridine rings is 1. The van der Waals surface area contributed by atoms with E-state index in [1.54, 1.807) is 12.3 Å². The molecule has 6 nitrogen and oxygen atoms in total. The van der Waals surface area contributed by atoms with Crippen LogP contribution in [0.15, 0.2) is 12.3 Å². The molecule has 0 amide bonds. The summed E-state index contributed by atoms with van der Waals surface area (Å²) in [5.74, 6) is 6.55. The smallest absolute Gasteiger partial charge is 0.232 e. The number of rotatable bonds is 10. The van der Waals surface area contributed by atoms with Gasteiger partial charge < -0.3 is 18.9 Å². The predicted molar refractivity (Wildman–Crippen MR) is 117 cm³/mol. The van der Waals surface area contributed by atoms with E-state index in [0.717, 1.165) is 19.3 Å². The highest BCUT2D eigenvalue weighted by molar-refractivity contribution is 5.59. The van der Waals surface area contributed by atoms with Gasteiger partial charge in [0.25, 0.3) is 0 Å². The van der Waals surface area contributed by atoms with Crippen LogP contribution in [0, 0.1) is 18.4 Å². The van der Waals surface area contributed by atoms with Crippen molar-refractivity contribution in [2.24, 2.45) is 0 Å². The largest absolute Gasteiger partial charge is 0.500 e. The molecule has 0 bridgehead atoms. The van der Waals surface area contributed by atoms with Crippen molar-refractivity contribution in [2.75, 3.05) is 19.8 Å². The van der Waals surface area contributed by atoms with E-state index in [0.29, 0.717) is 43.4 Å². The molecular formula is C24H34N2O4. The third-order valence-corrected chi connectivity index (χ3v) is 4.30. The third kappa shape index (κ3) is 9.13. The maximum Gasteiger partial charge on any atom is 0.232 e. The Labute approximate surface area is 181 Å². The molecule has 0 atom stereocenters. The van der Waals surface area contributed by atoms with Gasteiger partial charge in [-0.25, -0.2) is 9.83 Å². The van der Waals surface area contributed by atoms with Crippen LogP contribution in [-0.4, -0.2) is 48.7 Å². The predicted octanol–water partition coefficient (Wildman–Crippen LogP) is 4.93. The van der Waals surface area contributed by atoms with E-state index >= 15 is 0 Å². The van der Waals surface area contributed by atoms with Gasteiger partial charge in [0.05, 0.1) is 37.2 Å². The van der Waals surface area contributed by atoms with E-state index in [-0.39, 0.29) is 23.9 Å². The lowest BCUT2D eigenvalue weighted by Crippen LogP contribution is -2.43. The van der Waals surface area contributed by atoms with E-state index in [1.165, 1.54) is 0 Å². The van der Waals surface area contributed by atoms with E-state index in [4.69, 9.17) is 25.5 Å². The minimum atomic E-state index is -0.146. The zero-order valence-electron chi connectivity index (χ0n) is 18.9. The summed E-state index contributed by atoms with van der Waals surface area (Å²) >= 11 is 0. The summed E-state index contributed by atoms with van der Waals surface area (Å²) in [6, 6.07) is 1.68. The topological polar surface area (TPSA) is 54.2 Å². The van der Waals surface area contributed by atoms with Crippen molar-refractivity contribution in [3.05, 3.63) is 29.4 Å². The Morgan fingerprint density at radius 2 is 1.97 bits per heavy atom. The Bertz CT molecular complexity index is 762. The van der Waals surface area contributed by atoms with Crippen LogP contribution < -0.4 is 4.74 Å². The van der Waals surface area contributed by atoms with Crippen molar-refractivity contribution in [1.82, 2.24) is 4.98 Å². The molecule has 1 aromatic rings. The Morgan fingerprint density at radius 3 is 2.63 bits per heavy atom. The van der Waals surface area contributed by atoms with Crippen molar-refractivity contribution in [3.8, 4) is 17.6 Å². The molecule has 0 N–H and O–H groups in total. The van der Waals surface area contributed by atoms with Gasteiger partial charge >= 0.3 is 0 Å². The zero-order valence-corrected chi connectivity index (χ0v) is 18.9. The fraction of sp³-hybridized carbons (Fsp3) is 0.667. The first-order valence-corrected chi connectivity index (χ1v) is 10.7. The quantitative estimate of drug-likeness (QED) is 0.309. The molecule has 1 heterocycles. The van der Waals surface area contributed by atoms with Gasteiger partial charge in [-0.1, -0.05) is 5.92 Å². The summed E-state index contributed by atoms with van der Waals surface area (Å²) in [5.41, 5.74) is 0.865. The summed E-state index contributed by atoms with van der Waals surface area (Å²) in [5, 5.41) is 0.